The van der Waals surface area contributed by atoms with E-state index < -0.39 is 11.8 Å². The lowest BCUT2D eigenvalue weighted by Gasteiger charge is -2.14. The van der Waals surface area contributed by atoms with Gasteiger partial charge in [0.1, 0.15) is 6.07 Å². The molecule has 1 rings (SSSR count). The largest absolute Gasteiger partial charge is 0.493 e. The predicted molar refractivity (Wildman–Crippen MR) is 84.1 cm³/mol. The van der Waals surface area contributed by atoms with Crippen LogP contribution in [0.1, 0.15) is 12.0 Å². The number of aliphatic carboxylic acids is 1. The number of nitriles is 1. The highest BCUT2D eigenvalue weighted by molar-refractivity contribution is 6.45. The fourth-order valence-electron chi connectivity index (χ4n) is 1.80. The van der Waals surface area contributed by atoms with Gasteiger partial charge in [0.25, 0.3) is 0 Å². The SMILES string of the molecule is COc1cc(N/N=C(\C#N)C(=N)N)cc(CCC(=O)O)c1OC. The monoisotopic (exact) mass is 319 g/mol. The molecule has 0 heterocycles. The molecular weight excluding hydrogens is 302 g/mol. The quantitative estimate of drug-likeness (QED) is 0.316. The topological polar surface area (TPSA) is 154 Å². The van der Waals surface area contributed by atoms with Gasteiger partial charge in [0.2, 0.25) is 5.71 Å². The first-order valence-corrected chi connectivity index (χ1v) is 6.47. The Kier molecular flexibility index (Phi) is 6.36. The Labute approximate surface area is 132 Å². The molecule has 23 heavy (non-hydrogen) atoms. The van der Waals surface area contributed by atoms with Gasteiger partial charge in [-0.1, -0.05) is 0 Å². The van der Waals surface area contributed by atoms with Gasteiger partial charge in [0.05, 0.1) is 19.9 Å². The molecule has 0 spiro atoms. The summed E-state index contributed by atoms with van der Waals surface area (Å²) in [6.45, 7) is 0. The molecule has 0 atom stereocenters. The second-order valence-corrected chi connectivity index (χ2v) is 4.36. The average Bonchev–Trinajstić information content (AvgIpc) is 2.52. The molecule has 0 saturated heterocycles. The van der Waals surface area contributed by atoms with Crippen LogP contribution in [0.3, 0.4) is 0 Å². The van der Waals surface area contributed by atoms with Crippen LogP contribution in [0.5, 0.6) is 11.5 Å². The van der Waals surface area contributed by atoms with Crippen LogP contribution in [-0.2, 0) is 11.2 Å². The lowest BCUT2D eigenvalue weighted by atomic mass is 10.1. The van der Waals surface area contributed by atoms with Crippen molar-refractivity contribution in [3.05, 3.63) is 17.7 Å². The predicted octanol–water partition coefficient (Wildman–Crippen LogP) is 0.948. The van der Waals surface area contributed by atoms with E-state index in [9.17, 15) is 4.79 Å². The Morgan fingerprint density at radius 2 is 2.17 bits per heavy atom. The van der Waals surface area contributed by atoms with Gasteiger partial charge in [-0.3, -0.25) is 15.6 Å². The van der Waals surface area contributed by atoms with Crippen molar-refractivity contribution in [3.8, 4) is 17.6 Å². The minimum atomic E-state index is -0.939. The average molecular weight is 319 g/mol. The van der Waals surface area contributed by atoms with Crippen LogP contribution in [-0.4, -0.2) is 36.8 Å². The number of hydrazone groups is 1. The Morgan fingerprint density at radius 3 is 2.65 bits per heavy atom. The summed E-state index contributed by atoms with van der Waals surface area (Å²) in [5, 5.41) is 28.5. The minimum absolute atomic E-state index is 0.0802. The zero-order valence-electron chi connectivity index (χ0n) is 12.7. The van der Waals surface area contributed by atoms with Gasteiger partial charge in [-0.25, -0.2) is 0 Å². The number of amidine groups is 1. The molecule has 1 aromatic rings. The van der Waals surface area contributed by atoms with Crippen molar-refractivity contribution in [1.29, 1.82) is 10.7 Å². The van der Waals surface area contributed by atoms with Crippen molar-refractivity contribution in [2.24, 2.45) is 10.8 Å². The lowest BCUT2D eigenvalue weighted by Crippen LogP contribution is -2.21. The molecule has 0 radical (unpaired) electrons. The molecule has 0 aromatic heterocycles. The molecule has 0 amide bonds. The summed E-state index contributed by atoms with van der Waals surface area (Å²) in [5.41, 5.74) is 8.57. The Balaban J connectivity index is 3.18. The van der Waals surface area contributed by atoms with E-state index in [1.54, 1.807) is 18.2 Å². The number of carbonyl (C=O) groups is 1. The molecule has 0 unspecified atom stereocenters. The summed E-state index contributed by atoms with van der Waals surface area (Å²) in [6, 6.07) is 4.88. The second kappa shape index (κ2) is 8.23. The summed E-state index contributed by atoms with van der Waals surface area (Å²) in [4.78, 5) is 10.8. The van der Waals surface area contributed by atoms with E-state index in [0.29, 0.717) is 22.7 Å². The first-order chi connectivity index (χ1) is 10.9. The zero-order valence-corrected chi connectivity index (χ0v) is 12.7. The van der Waals surface area contributed by atoms with E-state index in [1.807, 2.05) is 0 Å². The number of benzene rings is 1. The highest BCUT2D eigenvalue weighted by Gasteiger charge is 2.14. The van der Waals surface area contributed by atoms with Crippen molar-refractivity contribution >= 4 is 23.2 Å². The smallest absolute Gasteiger partial charge is 0.303 e. The first kappa shape index (κ1) is 17.8. The number of methoxy groups -OCH3 is 2. The molecule has 1 aromatic carbocycles. The summed E-state index contributed by atoms with van der Waals surface area (Å²) in [6.07, 6.45) is 0.148. The van der Waals surface area contributed by atoms with E-state index in [0.717, 1.165) is 0 Å². The van der Waals surface area contributed by atoms with E-state index in [1.165, 1.54) is 14.2 Å². The van der Waals surface area contributed by atoms with Crippen molar-refractivity contribution in [2.75, 3.05) is 19.6 Å². The molecule has 0 bridgehead atoms. The maximum absolute atomic E-state index is 10.8. The number of carboxylic acid groups (broad SMARTS) is 1. The third kappa shape index (κ3) is 4.89. The fourth-order valence-corrected chi connectivity index (χ4v) is 1.80. The molecule has 0 fully saturated rings. The molecule has 9 heteroatoms. The Bertz CT molecular complexity index is 678. The van der Waals surface area contributed by atoms with Gasteiger partial charge in [0, 0.05) is 18.1 Å². The van der Waals surface area contributed by atoms with Crippen LogP contribution in [0.4, 0.5) is 5.69 Å². The molecule has 5 N–H and O–H groups in total. The third-order valence-electron chi connectivity index (χ3n) is 2.82. The third-order valence-corrected chi connectivity index (χ3v) is 2.82. The molecule has 0 aliphatic heterocycles. The lowest BCUT2D eigenvalue weighted by molar-refractivity contribution is -0.136. The second-order valence-electron chi connectivity index (χ2n) is 4.36. The molecule has 0 aliphatic rings. The molecular formula is C14H17N5O4. The number of aryl methyl sites for hydroxylation is 1. The van der Waals surface area contributed by atoms with Gasteiger partial charge in [-0.2, -0.15) is 10.4 Å². The van der Waals surface area contributed by atoms with Crippen LogP contribution in [0, 0.1) is 16.7 Å². The van der Waals surface area contributed by atoms with Gasteiger partial charge in [-0.15, -0.1) is 0 Å². The highest BCUT2D eigenvalue weighted by atomic mass is 16.5. The fraction of sp³-hybridized carbons (Fsp3) is 0.286. The number of nitrogens with zero attached hydrogens (tertiary/aromatic N) is 2. The van der Waals surface area contributed by atoms with Crippen LogP contribution >= 0.6 is 0 Å². The minimum Gasteiger partial charge on any atom is -0.493 e. The maximum atomic E-state index is 10.8. The normalized spacial score (nSPS) is 10.6. The number of hydrogen-bond donors (Lipinski definition) is 4. The van der Waals surface area contributed by atoms with Crippen molar-refractivity contribution < 1.29 is 19.4 Å². The van der Waals surface area contributed by atoms with Crippen LogP contribution in [0.15, 0.2) is 17.2 Å². The maximum Gasteiger partial charge on any atom is 0.303 e. The van der Waals surface area contributed by atoms with E-state index >= 15 is 0 Å². The van der Waals surface area contributed by atoms with Gasteiger partial charge < -0.3 is 20.3 Å². The number of nitrogens with two attached hydrogens (primary N) is 1. The van der Waals surface area contributed by atoms with Crippen molar-refractivity contribution in [1.82, 2.24) is 0 Å². The zero-order chi connectivity index (χ0) is 17.4. The standard InChI is InChI=1S/C14H17N5O4/c1-22-11-6-9(18-19-10(7-15)14(16)17)5-8(13(11)23-2)3-4-12(20)21/h5-6,18H,3-4H2,1-2H3,(H3,16,17)(H,20,21)/b19-10+. The number of carboxylic acids is 1. The van der Waals surface area contributed by atoms with E-state index in [-0.39, 0.29) is 18.6 Å². The summed E-state index contributed by atoms with van der Waals surface area (Å²) in [7, 11) is 2.90. The van der Waals surface area contributed by atoms with E-state index in [2.05, 4.69) is 10.5 Å². The number of nitrogens with one attached hydrogen (secondary N) is 2. The summed E-state index contributed by atoms with van der Waals surface area (Å²) < 4.78 is 10.5. The Hall–Kier alpha value is -3.28. The Morgan fingerprint density at radius 1 is 1.48 bits per heavy atom. The molecule has 0 aliphatic carbocycles. The summed E-state index contributed by atoms with van der Waals surface area (Å²) >= 11 is 0. The summed E-state index contributed by atoms with van der Waals surface area (Å²) in [5.74, 6) is -0.595. The van der Waals surface area contributed by atoms with Gasteiger partial charge >= 0.3 is 5.97 Å². The molecule has 0 saturated carbocycles. The number of ether oxygens (including phenoxy) is 2. The number of anilines is 1. The van der Waals surface area contributed by atoms with Gasteiger partial charge in [-0.05, 0) is 12.5 Å². The van der Waals surface area contributed by atoms with Crippen LogP contribution < -0.4 is 20.6 Å². The van der Waals surface area contributed by atoms with Crippen LogP contribution in [0.25, 0.3) is 0 Å². The molecule has 9 nitrogen and oxygen atoms in total. The van der Waals surface area contributed by atoms with Gasteiger partial charge in [0.15, 0.2) is 17.3 Å². The van der Waals surface area contributed by atoms with E-state index in [4.69, 9.17) is 31.0 Å². The van der Waals surface area contributed by atoms with Crippen molar-refractivity contribution in [2.45, 2.75) is 12.8 Å². The van der Waals surface area contributed by atoms with Crippen LogP contribution in [0.2, 0.25) is 0 Å². The number of rotatable bonds is 8. The highest BCUT2D eigenvalue weighted by Crippen LogP contribution is 2.35. The van der Waals surface area contributed by atoms with Crippen molar-refractivity contribution in [3.63, 3.8) is 0 Å². The molecule has 122 valence electrons. The first-order valence-electron chi connectivity index (χ1n) is 6.47. The number of hydrogen-bond acceptors (Lipinski definition) is 7.